The molecule has 4 aliphatic rings. The van der Waals surface area contributed by atoms with Gasteiger partial charge in [0.25, 0.3) is 0 Å². The summed E-state index contributed by atoms with van der Waals surface area (Å²) in [5.41, 5.74) is 2.09. The van der Waals surface area contributed by atoms with Gasteiger partial charge < -0.3 is 80.9 Å². The second-order valence-corrected chi connectivity index (χ2v) is 25.5. The van der Waals surface area contributed by atoms with Crippen LogP contribution in [0, 0.1) is 0 Å². The van der Waals surface area contributed by atoms with Crippen molar-refractivity contribution in [2.75, 3.05) is 82.6 Å². The molecule has 0 amide bonds. The van der Waals surface area contributed by atoms with E-state index in [1.54, 1.807) is 48.5 Å². The quantitative estimate of drug-likeness (QED) is 0.0465. The van der Waals surface area contributed by atoms with Crippen LogP contribution in [0.15, 0.2) is 97.1 Å². The van der Waals surface area contributed by atoms with Crippen molar-refractivity contribution >= 4 is 23.9 Å². The molecule has 4 aliphatic carbocycles. The third-order valence-corrected chi connectivity index (χ3v) is 17.2. The molecule has 4 fully saturated rings. The van der Waals surface area contributed by atoms with Gasteiger partial charge in [0, 0.05) is 49.9 Å². The van der Waals surface area contributed by atoms with E-state index in [9.17, 15) is 40.9 Å². The topological polar surface area (TPSA) is 324 Å². The molecule has 4 atom stereocenters. The zero-order valence-electron chi connectivity index (χ0n) is 53.3. The number of likely N-dealkylation sites (N-methyl/N-ethyl adjacent to an activating group) is 4. The van der Waals surface area contributed by atoms with E-state index < -0.39 is 46.3 Å². The van der Waals surface area contributed by atoms with Gasteiger partial charge in [0.2, 0.25) is 0 Å². The summed E-state index contributed by atoms with van der Waals surface area (Å²) in [6.45, 7) is 3.34. The van der Waals surface area contributed by atoms with Crippen LogP contribution in [0.5, 0.6) is 23.0 Å². The van der Waals surface area contributed by atoms with Gasteiger partial charge in [0.1, 0.15) is 23.0 Å². The molecule has 8 rings (SSSR count). The van der Waals surface area contributed by atoms with Gasteiger partial charge >= 0.3 is 23.9 Å². The lowest BCUT2D eigenvalue weighted by Gasteiger charge is -2.40. The Morgan fingerprint density at radius 3 is 0.545 bits per heavy atom. The molecule has 0 bridgehead atoms. The van der Waals surface area contributed by atoms with Crippen molar-refractivity contribution in [3.63, 3.8) is 0 Å². The molecule has 20 heteroatoms. The Balaban J connectivity index is 0.000000288. The number of hydrogen-bond acceptors (Lipinski definition) is 16. The standard InChI is InChI=1S/4C16H25NO2.2C2H2O4/c4*1-17(2)12-15(13-6-8-14(18)9-7-13)16(19)10-4-3-5-11-16;2*3-1(4)2(5)6/h4*6-9,15,18-19H,3-5,10-12H2,1-2H3;2*(H,3,4)(H,5,6). The molecule has 0 aliphatic heterocycles. The van der Waals surface area contributed by atoms with Gasteiger partial charge in [0.15, 0.2) is 0 Å². The van der Waals surface area contributed by atoms with Crippen LogP contribution >= 0.6 is 0 Å². The zero-order chi connectivity index (χ0) is 65.8. The van der Waals surface area contributed by atoms with Crippen molar-refractivity contribution in [1.29, 1.82) is 0 Å². The molecule has 88 heavy (non-hydrogen) atoms. The summed E-state index contributed by atoms with van der Waals surface area (Å²) in [6.07, 6.45) is 20.8. The number of aliphatic carboxylic acids is 4. The number of carboxylic acids is 4. The molecule has 0 heterocycles. The molecule has 4 aromatic rings. The minimum absolute atomic E-state index is 0.114. The Hall–Kier alpha value is -6.36. The number of phenolic OH excluding ortho intramolecular Hbond substituents is 4. The molecule has 4 aromatic carbocycles. The fourth-order valence-electron chi connectivity index (χ4n) is 12.7. The molecule has 0 saturated heterocycles. The molecule has 20 nitrogen and oxygen atoms in total. The molecule has 4 saturated carbocycles. The van der Waals surface area contributed by atoms with Gasteiger partial charge in [-0.2, -0.15) is 0 Å². The van der Waals surface area contributed by atoms with Crippen molar-refractivity contribution in [2.45, 2.75) is 174 Å². The number of rotatable bonds is 16. The van der Waals surface area contributed by atoms with E-state index in [4.69, 9.17) is 39.6 Å². The lowest BCUT2D eigenvalue weighted by molar-refractivity contribution is -0.159. The largest absolute Gasteiger partial charge is 0.508 e. The molecule has 0 aromatic heterocycles. The second kappa shape index (κ2) is 37.0. The van der Waals surface area contributed by atoms with Crippen molar-refractivity contribution < 1.29 is 80.5 Å². The highest BCUT2D eigenvalue weighted by atomic mass is 16.4. The number of nitrogens with zero attached hydrogens (tertiary/aromatic N) is 4. The van der Waals surface area contributed by atoms with Crippen LogP contribution in [0.2, 0.25) is 0 Å². The molecule has 0 spiro atoms. The highest BCUT2D eigenvalue weighted by Crippen LogP contribution is 2.44. The van der Waals surface area contributed by atoms with Crippen LogP contribution in [0.3, 0.4) is 0 Å². The van der Waals surface area contributed by atoms with Crippen LogP contribution in [0.4, 0.5) is 0 Å². The second-order valence-electron chi connectivity index (χ2n) is 25.5. The van der Waals surface area contributed by atoms with E-state index in [0.29, 0.717) is 0 Å². The van der Waals surface area contributed by atoms with E-state index in [1.165, 1.54) is 25.7 Å². The predicted octanol–water partition coefficient (Wildman–Crippen LogP) is 9.24. The normalized spacial score (nSPS) is 18.6. The number of aliphatic hydroxyl groups is 4. The van der Waals surface area contributed by atoms with Gasteiger partial charge in [-0.1, -0.05) is 126 Å². The molecular formula is C68H104N4O16. The van der Waals surface area contributed by atoms with Crippen LogP contribution in [0.25, 0.3) is 0 Å². The van der Waals surface area contributed by atoms with Gasteiger partial charge in [0.05, 0.1) is 22.4 Å². The maximum Gasteiger partial charge on any atom is 0.414 e. The average Bonchev–Trinajstić information content (AvgIpc) is 3.67. The summed E-state index contributed by atoms with van der Waals surface area (Å²) < 4.78 is 0. The van der Waals surface area contributed by atoms with E-state index in [-0.39, 0.29) is 46.7 Å². The minimum atomic E-state index is -1.82. The first-order chi connectivity index (χ1) is 41.3. The lowest BCUT2D eigenvalue weighted by Crippen LogP contribution is -2.42. The van der Waals surface area contributed by atoms with Crippen LogP contribution < -0.4 is 0 Å². The number of carbonyl (C=O) groups is 4. The van der Waals surface area contributed by atoms with Crippen molar-refractivity contribution in [2.24, 2.45) is 0 Å². The summed E-state index contributed by atoms with van der Waals surface area (Å²) in [4.78, 5) is 44.9. The highest BCUT2D eigenvalue weighted by molar-refractivity contribution is 6.27. The molecule has 492 valence electrons. The maximum absolute atomic E-state index is 11.0. The molecular weight excluding hydrogens is 1130 g/mol. The van der Waals surface area contributed by atoms with Gasteiger partial charge in [-0.25, -0.2) is 19.2 Å². The van der Waals surface area contributed by atoms with E-state index in [0.717, 1.165) is 151 Å². The van der Waals surface area contributed by atoms with E-state index in [2.05, 4.69) is 19.6 Å². The Labute approximate surface area is 521 Å². The van der Waals surface area contributed by atoms with Gasteiger partial charge in [-0.3, -0.25) is 0 Å². The van der Waals surface area contributed by atoms with Crippen molar-refractivity contribution in [3.8, 4) is 23.0 Å². The highest BCUT2D eigenvalue weighted by Gasteiger charge is 2.42. The molecule has 4 unspecified atom stereocenters. The van der Waals surface area contributed by atoms with Crippen LogP contribution in [0.1, 0.15) is 174 Å². The Bertz CT molecular complexity index is 2280. The van der Waals surface area contributed by atoms with E-state index >= 15 is 0 Å². The minimum Gasteiger partial charge on any atom is -0.508 e. The SMILES string of the molecule is CN(C)CC(c1ccc(O)cc1)C1(O)CCCCC1.CN(C)CC(c1ccc(O)cc1)C1(O)CCCCC1.CN(C)CC(c1ccc(O)cc1)C1(O)CCCCC1.CN(C)CC(c1ccc(O)cc1)C1(O)CCCCC1.O=C(O)C(=O)O.O=C(O)C(=O)O. The van der Waals surface area contributed by atoms with Crippen LogP contribution in [-0.2, 0) is 19.2 Å². The number of hydrogen-bond donors (Lipinski definition) is 12. The Morgan fingerprint density at radius 2 is 0.432 bits per heavy atom. The zero-order valence-corrected chi connectivity index (χ0v) is 53.3. The smallest absolute Gasteiger partial charge is 0.414 e. The van der Waals surface area contributed by atoms with Crippen molar-refractivity contribution in [3.05, 3.63) is 119 Å². The Morgan fingerprint density at radius 1 is 0.295 bits per heavy atom. The monoisotopic (exact) mass is 1230 g/mol. The maximum atomic E-state index is 11.0. The number of benzene rings is 4. The first-order valence-electron chi connectivity index (χ1n) is 30.9. The molecule has 0 radical (unpaired) electrons. The third kappa shape index (κ3) is 26.0. The summed E-state index contributed by atoms with van der Waals surface area (Å²) in [5, 5.41) is 111. The number of phenols is 4. The fourth-order valence-corrected chi connectivity index (χ4v) is 12.7. The van der Waals surface area contributed by atoms with Gasteiger partial charge in [-0.05, 0) is 179 Å². The van der Waals surface area contributed by atoms with Gasteiger partial charge in [-0.15, -0.1) is 0 Å². The van der Waals surface area contributed by atoms with Crippen LogP contribution in [-0.4, -0.2) is 210 Å². The summed E-state index contributed by atoms with van der Waals surface area (Å²) >= 11 is 0. The average molecular weight is 1230 g/mol. The first-order valence-corrected chi connectivity index (χ1v) is 30.9. The van der Waals surface area contributed by atoms with Crippen molar-refractivity contribution in [1.82, 2.24) is 19.6 Å². The predicted molar refractivity (Wildman–Crippen MR) is 340 cm³/mol. The summed E-state index contributed by atoms with van der Waals surface area (Å²) in [5.74, 6) is -5.72. The lowest BCUT2D eigenvalue weighted by atomic mass is 9.72. The first kappa shape index (κ1) is 75.9. The van der Waals surface area contributed by atoms with E-state index in [1.807, 2.05) is 105 Å². The summed E-state index contributed by atoms with van der Waals surface area (Å²) in [7, 11) is 16.3. The number of aromatic hydroxyl groups is 4. The summed E-state index contributed by atoms with van der Waals surface area (Å²) in [6, 6.07) is 29.2. The molecule has 12 N–H and O–H groups in total. The third-order valence-electron chi connectivity index (χ3n) is 17.2. The Kier molecular flexibility index (Phi) is 31.9. The fraction of sp³-hybridized carbons (Fsp3) is 0.588. The number of carboxylic acid groups (broad SMARTS) is 4.